The number of hydrogen-bond donors (Lipinski definition) is 1. The molecule has 0 aromatic heterocycles. The molecule has 4 bridgehead atoms. The summed E-state index contributed by atoms with van der Waals surface area (Å²) >= 11 is 0. The molecule has 4 aliphatic rings. The Bertz CT molecular complexity index is 827. The summed E-state index contributed by atoms with van der Waals surface area (Å²) in [5.74, 6) is 2.06. The largest absolute Gasteiger partial charge is 0.349 e. The zero-order chi connectivity index (χ0) is 19.4. The number of likely N-dealkylation sites (N-methyl/N-ethyl adjacent to an activating group) is 1. The van der Waals surface area contributed by atoms with Crippen molar-refractivity contribution in [3.05, 3.63) is 29.3 Å². The van der Waals surface area contributed by atoms with E-state index in [0.717, 1.165) is 48.1 Å². The molecule has 1 aromatic rings. The third-order valence-electron chi connectivity index (χ3n) is 7.00. The van der Waals surface area contributed by atoms with E-state index in [-0.39, 0.29) is 22.9 Å². The molecule has 0 unspecified atom stereocenters. The quantitative estimate of drug-likeness (QED) is 0.840. The van der Waals surface area contributed by atoms with Crippen LogP contribution in [-0.2, 0) is 14.8 Å². The first-order valence-corrected chi connectivity index (χ1v) is 11.5. The van der Waals surface area contributed by atoms with Gasteiger partial charge in [0.05, 0.1) is 11.4 Å². The minimum absolute atomic E-state index is 0.0864. The predicted octanol–water partition coefficient (Wildman–Crippen LogP) is 3.01. The summed E-state index contributed by atoms with van der Waals surface area (Å²) in [5, 5.41) is 3.25. The third kappa shape index (κ3) is 3.54. The lowest BCUT2D eigenvalue weighted by Gasteiger charge is -2.57. The van der Waals surface area contributed by atoms with Gasteiger partial charge in [0.15, 0.2) is 0 Å². The van der Waals surface area contributed by atoms with Gasteiger partial charge in [-0.15, -0.1) is 0 Å². The van der Waals surface area contributed by atoms with Crippen LogP contribution in [0, 0.1) is 31.6 Å². The number of nitrogens with zero attached hydrogens (tertiary/aromatic N) is 1. The highest BCUT2D eigenvalue weighted by atomic mass is 32.2. The van der Waals surface area contributed by atoms with Gasteiger partial charge >= 0.3 is 0 Å². The van der Waals surface area contributed by atoms with Gasteiger partial charge in [0, 0.05) is 12.6 Å². The van der Waals surface area contributed by atoms with Gasteiger partial charge in [-0.1, -0.05) is 6.07 Å². The molecule has 4 saturated carbocycles. The van der Waals surface area contributed by atoms with Gasteiger partial charge in [-0.3, -0.25) is 4.79 Å². The Hall–Kier alpha value is -1.40. The molecular weight excluding hydrogens is 360 g/mol. The fraction of sp³-hybridized carbons (Fsp3) is 0.667. The van der Waals surface area contributed by atoms with Gasteiger partial charge in [0.1, 0.15) is 0 Å². The van der Waals surface area contributed by atoms with Crippen LogP contribution in [0.25, 0.3) is 0 Å². The number of rotatable bonds is 5. The van der Waals surface area contributed by atoms with Gasteiger partial charge in [-0.05, 0) is 93.4 Å². The molecule has 0 aliphatic heterocycles. The number of amides is 1. The molecule has 6 heteroatoms. The van der Waals surface area contributed by atoms with Crippen LogP contribution in [0.1, 0.15) is 49.7 Å². The number of aryl methyl sites for hydroxylation is 2. The molecule has 27 heavy (non-hydrogen) atoms. The maximum Gasteiger partial charge on any atom is 0.243 e. The first-order chi connectivity index (χ1) is 12.7. The monoisotopic (exact) mass is 390 g/mol. The molecule has 1 N–H and O–H groups in total. The van der Waals surface area contributed by atoms with Crippen LogP contribution in [-0.4, -0.2) is 37.8 Å². The molecule has 0 atom stereocenters. The second-order valence-corrected chi connectivity index (χ2v) is 11.3. The van der Waals surface area contributed by atoms with Crippen molar-refractivity contribution in [3.63, 3.8) is 0 Å². The zero-order valence-electron chi connectivity index (χ0n) is 16.5. The van der Waals surface area contributed by atoms with E-state index in [9.17, 15) is 13.2 Å². The summed E-state index contributed by atoms with van der Waals surface area (Å²) < 4.78 is 26.9. The molecule has 0 heterocycles. The summed E-state index contributed by atoms with van der Waals surface area (Å²) in [4.78, 5) is 13.0. The smallest absolute Gasteiger partial charge is 0.243 e. The molecule has 0 radical (unpaired) electrons. The van der Waals surface area contributed by atoms with Crippen molar-refractivity contribution in [2.24, 2.45) is 17.8 Å². The van der Waals surface area contributed by atoms with E-state index in [1.54, 1.807) is 12.1 Å². The van der Waals surface area contributed by atoms with Crippen LogP contribution in [0.3, 0.4) is 0 Å². The third-order valence-corrected chi connectivity index (χ3v) is 8.80. The molecule has 4 aliphatic carbocycles. The van der Waals surface area contributed by atoms with Gasteiger partial charge in [0.25, 0.3) is 0 Å². The summed E-state index contributed by atoms with van der Waals surface area (Å²) in [6.07, 6.45) is 7.15. The first-order valence-electron chi connectivity index (χ1n) is 10.0. The molecule has 0 spiro atoms. The second kappa shape index (κ2) is 6.59. The van der Waals surface area contributed by atoms with Crippen LogP contribution in [0.4, 0.5) is 0 Å². The number of carbonyl (C=O) groups is 1. The van der Waals surface area contributed by atoms with Crippen molar-refractivity contribution in [1.29, 1.82) is 0 Å². The van der Waals surface area contributed by atoms with Crippen LogP contribution < -0.4 is 5.32 Å². The maximum atomic E-state index is 12.8. The van der Waals surface area contributed by atoms with Gasteiger partial charge in [-0.2, -0.15) is 4.31 Å². The molecule has 1 aromatic carbocycles. The van der Waals surface area contributed by atoms with E-state index >= 15 is 0 Å². The Morgan fingerprint density at radius 2 is 1.63 bits per heavy atom. The van der Waals surface area contributed by atoms with Gasteiger partial charge in [-0.25, -0.2) is 8.42 Å². The van der Waals surface area contributed by atoms with E-state index in [1.165, 1.54) is 30.6 Å². The maximum absolute atomic E-state index is 12.8. The molecule has 0 saturated heterocycles. The summed E-state index contributed by atoms with van der Waals surface area (Å²) in [6, 6.07) is 5.11. The molecule has 4 fully saturated rings. The topological polar surface area (TPSA) is 66.5 Å². The Labute approximate surface area is 162 Å². The molecule has 5 rings (SSSR count). The Morgan fingerprint density at radius 3 is 2.15 bits per heavy atom. The lowest BCUT2D eigenvalue weighted by Crippen LogP contribution is -2.61. The fourth-order valence-electron chi connectivity index (χ4n) is 5.94. The molecular formula is C21H30N2O3S. The standard InChI is InChI=1S/C21H30N2O3S/c1-14-4-5-19(6-15(14)2)27(25,26)23(3)13-20(24)22-21-10-16-7-17(11-21)9-18(8-16)12-21/h4-6,16-18H,7-13H2,1-3H3,(H,22,24). The number of hydrogen-bond acceptors (Lipinski definition) is 3. The van der Waals surface area contributed by atoms with Crippen LogP contribution >= 0.6 is 0 Å². The Balaban J connectivity index is 1.44. The van der Waals surface area contributed by atoms with Crippen LogP contribution in [0.2, 0.25) is 0 Å². The Kier molecular flexibility index (Phi) is 4.62. The second-order valence-electron chi connectivity index (χ2n) is 9.25. The lowest BCUT2D eigenvalue weighted by molar-refractivity contribution is -0.126. The highest BCUT2D eigenvalue weighted by molar-refractivity contribution is 7.89. The van der Waals surface area contributed by atoms with Crippen molar-refractivity contribution < 1.29 is 13.2 Å². The number of benzene rings is 1. The SMILES string of the molecule is Cc1ccc(S(=O)(=O)N(C)CC(=O)NC23CC4CC(CC(C4)C2)C3)cc1C. The van der Waals surface area contributed by atoms with Crippen molar-refractivity contribution in [2.75, 3.05) is 13.6 Å². The van der Waals surface area contributed by atoms with E-state index < -0.39 is 10.0 Å². The van der Waals surface area contributed by atoms with E-state index in [1.807, 2.05) is 19.9 Å². The van der Waals surface area contributed by atoms with Crippen molar-refractivity contribution in [3.8, 4) is 0 Å². The van der Waals surface area contributed by atoms with Crippen molar-refractivity contribution in [2.45, 2.75) is 62.8 Å². The van der Waals surface area contributed by atoms with Gasteiger partial charge in [0.2, 0.25) is 15.9 Å². The molecule has 5 nitrogen and oxygen atoms in total. The number of nitrogens with one attached hydrogen (secondary N) is 1. The lowest BCUT2D eigenvalue weighted by atomic mass is 9.53. The molecule has 1 amide bonds. The average Bonchev–Trinajstić information content (AvgIpc) is 2.55. The van der Waals surface area contributed by atoms with E-state index in [4.69, 9.17) is 0 Å². The first kappa shape index (κ1) is 18.9. The summed E-state index contributed by atoms with van der Waals surface area (Å²) in [7, 11) is -2.18. The zero-order valence-corrected chi connectivity index (χ0v) is 17.3. The minimum atomic E-state index is -3.67. The van der Waals surface area contributed by atoms with Crippen LogP contribution in [0.5, 0.6) is 0 Å². The highest BCUT2D eigenvalue weighted by Crippen LogP contribution is 2.55. The van der Waals surface area contributed by atoms with Gasteiger partial charge < -0.3 is 5.32 Å². The number of carbonyl (C=O) groups excluding carboxylic acids is 1. The Morgan fingerprint density at radius 1 is 1.07 bits per heavy atom. The molecule has 148 valence electrons. The van der Waals surface area contributed by atoms with Crippen LogP contribution in [0.15, 0.2) is 23.1 Å². The predicted molar refractivity (Wildman–Crippen MR) is 105 cm³/mol. The highest BCUT2D eigenvalue weighted by Gasteiger charge is 2.51. The number of sulfonamides is 1. The van der Waals surface area contributed by atoms with E-state index in [0.29, 0.717) is 0 Å². The summed E-state index contributed by atoms with van der Waals surface area (Å²) in [5.41, 5.74) is 1.90. The fourth-order valence-corrected chi connectivity index (χ4v) is 7.15. The average molecular weight is 391 g/mol. The summed E-state index contributed by atoms with van der Waals surface area (Å²) in [6.45, 7) is 3.72. The minimum Gasteiger partial charge on any atom is -0.349 e. The van der Waals surface area contributed by atoms with Crippen molar-refractivity contribution >= 4 is 15.9 Å². The van der Waals surface area contributed by atoms with Crippen molar-refractivity contribution in [1.82, 2.24) is 9.62 Å². The van der Waals surface area contributed by atoms with E-state index in [2.05, 4.69) is 5.32 Å². The normalized spacial score (nSPS) is 32.1.